The topological polar surface area (TPSA) is 52.4 Å². The van der Waals surface area contributed by atoms with Crippen molar-refractivity contribution >= 4 is 5.69 Å². The molecule has 0 spiro atoms. The van der Waals surface area contributed by atoms with E-state index in [-0.39, 0.29) is 5.69 Å². The van der Waals surface area contributed by atoms with Crippen LogP contribution in [-0.2, 0) is 0 Å². The van der Waals surface area contributed by atoms with Crippen molar-refractivity contribution in [3.63, 3.8) is 0 Å². The molecule has 0 aliphatic rings. The molecule has 75 valence electrons. The average molecular weight is 194 g/mol. The van der Waals surface area contributed by atoms with E-state index < -0.39 is 4.92 Å². The molecule has 0 aromatic heterocycles. The molecule has 0 atom stereocenters. The quantitative estimate of drug-likeness (QED) is 0.546. The Balaban J connectivity index is 3.02. The Morgan fingerprint density at radius 2 is 2.29 bits per heavy atom. The van der Waals surface area contributed by atoms with Gasteiger partial charge in [-0.2, -0.15) is 0 Å². The molecule has 1 aromatic carbocycles. The van der Waals surface area contributed by atoms with Crippen molar-refractivity contribution in [1.29, 1.82) is 0 Å². The van der Waals surface area contributed by atoms with Gasteiger partial charge in [0.05, 0.1) is 11.5 Å². The Hall–Kier alpha value is -1.58. The number of hydrogen-bond acceptors (Lipinski definition) is 3. The number of para-hydroxylation sites is 1. The van der Waals surface area contributed by atoms with Gasteiger partial charge in [0.2, 0.25) is 0 Å². The molecule has 0 amide bonds. The van der Waals surface area contributed by atoms with Crippen LogP contribution >= 0.6 is 0 Å². The van der Waals surface area contributed by atoms with Crippen LogP contribution in [0.5, 0.6) is 5.75 Å². The molecule has 4 heteroatoms. The lowest BCUT2D eigenvalue weighted by Gasteiger charge is -2.06. The van der Waals surface area contributed by atoms with Crippen LogP contribution in [0, 0.1) is 17.0 Å². The largest absolute Gasteiger partial charge is 0.487 e. The molecule has 14 heavy (non-hydrogen) atoms. The van der Waals surface area contributed by atoms with Crippen molar-refractivity contribution in [3.8, 4) is 5.75 Å². The van der Waals surface area contributed by atoms with E-state index in [1.54, 1.807) is 18.2 Å². The second kappa shape index (κ2) is 4.60. The molecular weight excluding hydrogens is 182 g/mol. The maximum absolute atomic E-state index is 10.7. The molecule has 1 rings (SSSR count). The van der Waals surface area contributed by atoms with Crippen LogP contribution in [-0.4, -0.2) is 11.5 Å². The molecular formula is C10H12NO3. The summed E-state index contributed by atoms with van der Waals surface area (Å²) in [4.78, 5) is 10.2. The van der Waals surface area contributed by atoms with E-state index in [1.165, 1.54) is 0 Å². The van der Waals surface area contributed by atoms with Gasteiger partial charge in [-0.1, -0.05) is 19.1 Å². The fraction of sp³-hybridized carbons (Fsp3) is 0.300. The number of hydrogen-bond donors (Lipinski definition) is 0. The van der Waals surface area contributed by atoms with E-state index in [4.69, 9.17) is 4.74 Å². The summed E-state index contributed by atoms with van der Waals surface area (Å²) < 4.78 is 5.25. The third-order valence-electron chi connectivity index (χ3n) is 1.73. The highest BCUT2D eigenvalue weighted by Gasteiger charge is 2.17. The summed E-state index contributed by atoms with van der Waals surface area (Å²) in [7, 11) is 0. The Morgan fingerprint density at radius 3 is 2.86 bits per heavy atom. The van der Waals surface area contributed by atoms with Crippen LogP contribution in [0.1, 0.15) is 18.9 Å². The van der Waals surface area contributed by atoms with Gasteiger partial charge in [-0.15, -0.1) is 0 Å². The molecule has 4 nitrogen and oxygen atoms in total. The number of nitrogens with zero attached hydrogens (tertiary/aromatic N) is 1. The van der Waals surface area contributed by atoms with Crippen molar-refractivity contribution in [2.45, 2.75) is 13.3 Å². The zero-order valence-corrected chi connectivity index (χ0v) is 8.03. The number of nitro groups is 1. The minimum atomic E-state index is -0.465. The molecule has 0 aliphatic carbocycles. The SMILES string of the molecule is [CH2]c1cccc(OCCC)c1[N+](=O)[O-]. The highest BCUT2D eigenvalue weighted by atomic mass is 16.6. The van der Waals surface area contributed by atoms with Gasteiger partial charge in [0.1, 0.15) is 0 Å². The van der Waals surface area contributed by atoms with E-state index in [1.807, 2.05) is 6.92 Å². The average Bonchev–Trinajstić information content (AvgIpc) is 2.14. The van der Waals surface area contributed by atoms with Gasteiger partial charge in [0.15, 0.2) is 5.75 Å². The van der Waals surface area contributed by atoms with Gasteiger partial charge < -0.3 is 4.74 Å². The van der Waals surface area contributed by atoms with Gasteiger partial charge in [0.25, 0.3) is 0 Å². The van der Waals surface area contributed by atoms with Gasteiger partial charge in [-0.25, -0.2) is 0 Å². The molecule has 0 heterocycles. The smallest absolute Gasteiger partial charge is 0.314 e. The van der Waals surface area contributed by atoms with Crippen molar-refractivity contribution in [2.24, 2.45) is 0 Å². The lowest BCUT2D eigenvalue weighted by Crippen LogP contribution is -2.00. The Labute approximate surface area is 82.7 Å². The van der Waals surface area contributed by atoms with Gasteiger partial charge in [-0.3, -0.25) is 10.1 Å². The van der Waals surface area contributed by atoms with Crippen LogP contribution < -0.4 is 4.74 Å². The Morgan fingerprint density at radius 1 is 1.57 bits per heavy atom. The number of ether oxygens (including phenoxy) is 1. The summed E-state index contributed by atoms with van der Waals surface area (Å²) >= 11 is 0. The predicted molar refractivity (Wildman–Crippen MR) is 53.3 cm³/mol. The molecule has 0 saturated carbocycles. The van der Waals surface area contributed by atoms with Crippen LogP contribution in [0.4, 0.5) is 5.69 Å². The summed E-state index contributed by atoms with van der Waals surface area (Å²) in [6.07, 6.45) is 0.818. The first-order valence-corrected chi connectivity index (χ1v) is 4.39. The Bertz CT molecular complexity index is 336. The van der Waals surface area contributed by atoms with Crippen LogP contribution in [0.15, 0.2) is 18.2 Å². The maximum atomic E-state index is 10.7. The highest BCUT2D eigenvalue weighted by molar-refractivity contribution is 5.53. The second-order valence-corrected chi connectivity index (χ2v) is 2.87. The molecule has 0 saturated heterocycles. The normalized spacial score (nSPS) is 9.86. The van der Waals surface area contributed by atoms with Gasteiger partial charge >= 0.3 is 5.69 Å². The number of benzene rings is 1. The monoisotopic (exact) mass is 194 g/mol. The molecule has 0 N–H and O–H groups in total. The lowest BCUT2D eigenvalue weighted by atomic mass is 10.2. The highest BCUT2D eigenvalue weighted by Crippen LogP contribution is 2.29. The van der Waals surface area contributed by atoms with E-state index in [2.05, 4.69) is 6.92 Å². The van der Waals surface area contributed by atoms with Gasteiger partial charge in [-0.05, 0) is 19.4 Å². The first-order valence-electron chi connectivity index (χ1n) is 4.39. The summed E-state index contributed by atoms with van der Waals surface area (Å²) in [6.45, 7) is 6.01. The summed E-state index contributed by atoms with van der Waals surface area (Å²) in [5.41, 5.74) is 0.338. The number of nitro benzene ring substituents is 1. The van der Waals surface area contributed by atoms with Crippen molar-refractivity contribution in [3.05, 3.63) is 40.8 Å². The zero-order chi connectivity index (χ0) is 10.6. The minimum absolute atomic E-state index is 0.0408. The van der Waals surface area contributed by atoms with Crippen molar-refractivity contribution in [2.75, 3.05) is 6.61 Å². The van der Waals surface area contributed by atoms with Crippen LogP contribution in [0.2, 0.25) is 0 Å². The zero-order valence-electron chi connectivity index (χ0n) is 8.03. The fourth-order valence-electron chi connectivity index (χ4n) is 1.10. The third kappa shape index (κ3) is 2.22. The van der Waals surface area contributed by atoms with E-state index in [9.17, 15) is 10.1 Å². The molecule has 1 aromatic rings. The second-order valence-electron chi connectivity index (χ2n) is 2.87. The lowest BCUT2D eigenvalue weighted by molar-refractivity contribution is -0.386. The van der Waals surface area contributed by atoms with E-state index in [0.717, 1.165) is 6.42 Å². The van der Waals surface area contributed by atoms with E-state index >= 15 is 0 Å². The van der Waals surface area contributed by atoms with Crippen molar-refractivity contribution < 1.29 is 9.66 Å². The first kappa shape index (κ1) is 10.5. The molecule has 0 aliphatic heterocycles. The van der Waals surface area contributed by atoms with E-state index in [0.29, 0.717) is 17.9 Å². The third-order valence-corrected chi connectivity index (χ3v) is 1.73. The molecule has 0 unspecified atom stereocenters. The fourth-order valence-corrected chi connectivity index (χ4v) is 1.10. The Kier molecular flexibility index (Phi) is 3.45. The van der Waals surface area contributed by atoms with Gasteiger partial charge in [0, 0.05) is 5.56 Å². The minimum Gasteiger partial charge on any atom is -0.487 e. The summed E-state index contributed by atoms with van der Waals surface area (Å²) in [6, 6.07) is 4.87. The van der Waals surface area contributed by atoms with Crippen molar-refractivity contribution in [1.82, 2.24) is 0 Å². The number of rotatable bonds is 4. The predicted octanol–water partition coefficient (Wildman–Crippen LogP) is 2.57. The maximum Gasteiger partial charge on any atom is 0.314 e. The van der Waals surface area contributed by atoms with Crippen LogP contribution in [0.25, 0.3) is 0 Å². The van der Waals surface area contributed by atoms with Crippen LogP contribution in [0.3, 0.4) is 0 Å². The standard InChI is InChI=1S/C10H12NO3/c1-3-7-14-9-6-4-5-8(2)10(9)11(12)13/h4-6H,2-3,7H2,1H3. The molecule has 0 fully saturated rings. The molecule has 1 radical (unpaired) electrons. The summed E-state index contributed by atoms with van der Waals surface area (Å²) in [5, 5.41) is 10.7. The summed E-state index contributed by atoms with van der Waals surface area (Å²) in [5.74, 6) is 0.296. The molecule has 0 bridgehead atoms. The first-order chi connectivity index (χ1) is 6.66.